The van der Waals surface area contributed by atoms with Crippen LogP contribution in [0.15, 0.2) is 0 Å². The van der Waals surface area contributed by atoms with E-state index in [2.05, 4.69) is 5.32 Å². The number of nitrogens with one attached hydrogen (secondary N) is 1. The molecule has 2 amide bonds. The van der Waals surface area contributed by atoms with Crippen LogP contribution >= 0.6 is 0 Å². The van der Waals surface area contributed by atoms with Crippen LogP contribution in [0.2, 0.25) is 0 Å². The lowest BCUT2D eigenvalue weighted by Gasteiger charge is -2.39. The van der Waals surface area contributed by atoms with Gasteiger partial charge in [0.25, 0.3) is 0 Å². The van der Waals surface area contributed by atoms with Gasteiger partial charge in [-0.1, -0.05) is 13.3 Å². The van der Waals surface area contributed by atoms with Gasteiger partial charge >= 0.3 is 0 Å². The van der Waals surface area contributed by atoms with Gasteiger partial charge in [-0.3, -0.25) is 9.59 Å². The highest BCUT2D eigenvalue weighted by Gasteiger charge is 2.38. The van der Waals surface area contributed by atoms with Gasteiger partial charge < -0.3 is 15.0 Å². The second-order valence-corrected chi connectivity index (χ2v) is 5.57. The van der Waals surface area contributed by atoms with E-state index >= 15 is 0 Å². The van der Waals surface area contributed by atoms with Crippen LogP contribution in [0, 0.1) is 5.92 Å². The summed E-state index contributed by atoms with van der Waals surface area (Å²) in [6.45, 7) is 6.07. The van der Waals surface area contributed by atoms with Crippen molar-refractivity contribution < 1.29 is 14.3 Å². The van der Waals surface area contributed by atoms with Crippen molar-refractivity contribution in [3.05, 3.63) is 0 Å². The first kappa shape index (κ1) is 14.3. The molecule has 0 aliphatic carbocycles. The summed E-state index contributed by atoms with van der Waals surface area (Å²) in [4.78, 5) is 26.1. The lowest BCUT2D eigenvalue weighted by Crippen LogP contribution is -2.63. The zero-order chi connectivity index (χ0) is 13.8. The normalized spacial score (nSPS) is 29.5. The summed E-state index contributed by atoms with van der Waals surface area (Å²) in [6.07, 6.45) is 3.59. The first-order valence-corrected chi connectivity index (χ1v) is 7.32. The lowest BCUT2D eigenvalue weighted by molar-refractivity contribution is -0.150. The van der Waals surface area contributed by atoms with Crippen molar-refractivity contribution in [2.24, 2.45) is 5.92 Å². The third-order valence-corrected chi connectivity index (χ3v) is 4.12. The summed E-state index contributed by atoms with van der Waals surface area (Å²) < 4.78 is 5.34. The Labute approximate surface area is 114 Å². The summed E-state index contributed by atoms with van der Waals surface area (Å²) >= 11 is 0. The number of ether oxygens (including phenoxy) is 1. The number of rotatable bonds is 4. The fraction of sp³-hybridized carbons (Fsp3) is 0.857. The monoisotopic (exact) mass is 268 g/mol. The number of hydrogen-bond acceptors (Lipinski definition) is 3. The SMILES string of the molecule is CCCC1NC(=O)C(C)N(CC2CCOCC2)C1=O. The molecular weight excluding hydrogens is 244 g/mol. The van der Waals surface area contributed by atoms with Crippen LogP contribution < -0.4 is 5.32 Å². The van der Waals surface area contributed by atoms with Crippen LogP contribution in [0.5, 0.6) is 0 Å². The molecule has 19 heavy (non-hydrogen) atoms. The molecule has 2 saturated heterocycles. The third-order valence-electron chi connectivity index (χ3n) is 4.12. The molecule has 2 aliphatic rings. The van der Waals surface area contributed by atoms with E-state index in [0.717, 1.165) is 38.9 Å². The molecule has 0 aromatic heterocycles. The highest BCUT2D eigenvalue weighted by atomic mass is 16.5. The Hall–Kier alpha value is -1.10. The van der Waals surface area contributed by atoms with E-state index < -0.39 is 0 Å². The van der Waals surface area contributed by atoms with Gasteiger partial charge in [0, 0.05) is 19.8 Å². The zero-order valence-corrected chi connectivity index (χ0v) is 11.9. The Bertz CT molecular complexity index is 340. The predicted molar refractivity (Wildman–Crippen MR) is 71.6 cm³/mol. The molecule has 0 radical (unpaired) electrons. The standard InChI is InChI=1S/C14H24N2O3/c1-3-4-12-14(18)16(10(2)13(17)15-12)9-11-5-7-19-8-6-11/h10-12H,3-9H2,1-2H3,(H,15,17). The van der Waals surface area contributed by atoms with Crippen LogP contribution in [-0.2, 0) is 14.3 Å². The average Bonchev–Trinajstić information content (AvgIpc) is 2.42. The second kappa shape index (κ2) is 6.37. The van der Waals surface area contributed by atoms with Crippen molar-refractivity contribution in [1.29, 1.82) is 0 Å². The maximum absolute atomic E-state index is 12.4. The maximum atomic E-state index is 12.4. The second-order valence-electron chi connectivity index (χ2n) is 5.57. The van der Waals surface area contributed by atoms with E-state index in [-0.39, 0.29) is 23.9 Å². The minimum Gasteiger partial charge on any atom is -0.381 e. The number of nitrogens with zero attached hydrogens (tertiary/aromatic N) is 1. The van der Waals surface area contributed by atoms with Crippen molar-refractivity contribution in [3.8, 4) is 0 Å². The molecule has 2 heterocycles. The van der Waals surface area contributed by atoms with Gasteiger partial charge in [0.05, 0.1) is 0 Å². The van der Waals surface area contributed by atoms with E-state index in [9.17, 15) is 9.59 Å². The van der Waals surface area contributed by atoms with Crippen molar-refractivity contribution in [1.82, 2.24) is 10.2 Å². The van der Waals surface area contributed by atoms with Crippen molar-refractivity contribution in [3.63, 3.8) is 0 Å². The van der Waals surface area contributed by atoms with E-state index in [1.807, 2.05) is 13.8 Å². The van der Waals surface area contributed by atoms with Crippen LogP contribution in [0.4, 0.5) is 0 Å². The minimum atomic E-state index is -0.344. The summed E-state index contributed by atoms with van der Waals surface area (Å²) in [5, 5.41) is 2.83. The Morgan fingerprint density at radius 2 is 2.00 bits per heavy atom. The van der Waals surface area contributed by atoms with Crippen LogP contribution in [0.25, 0.3) is 0 Å². The smallest absolute Gasteiger partial charge is 0.245 e. The maximum Gasteiger partial charge on any atom is 0.245 e. The lowest BCUT2D eigenvalue weighted by atomic mass is 9.96. The van der Waals surface area contributed by atoms with Gasteiger partial charge in [-0.2, -0.15) is 0 Å². The number of hydrogen-bond donors (Lipinski definition) is 1. The van der Waals surface area contributed by atoms with Crippen LogP contribution in [0.1, 0.15) is 39.5 Å². The van der Waals surface area contributed by atoms with Gasteiger partial charge in [-0.05, 0) is 32.1 Å². The van der Waals surface area contributed by atoms with E-state index in [0.29, 0.717) is 12.5 Å². The largest absolute Gasteiger partial charge is 0.381 e. The summed E-state index contributed by atoms with van der Waals surface area (Å²) in [6, 6.07) is -0.669. The van der Waals surface area contributed by atoms with Crippen LogP contribution in [-0.4, -0.2) is 48.6 Å². The highest BCUT2D eigenvalue weighted by molar-refractivity contribution is 5.96. The molecule has 0 bridgehead atoms. The number of carbonyl (C=O) groups is 2. The first-order valence-electron chi connectivity index (χ1n) is 7.32. The molecule has 5 heteroatoms. The van der Waals surface area contributed by atoms with Gasteiger partial charge in [-0.25, -0.2) is 0 Å². The molecule has 0 saturated carbocycles. The van der Waals surface area contributed by atoms with Crippen molar-refractivity contribution in [2.75, 3.05) is 19.8 Å². The number of carbonyl (C=O) groups excluding carboxylic acids is 2. The predicted octanol–water partition coefficient (Wildman–Crippen LogP) is 0.929. The van der Waals surface area contributed by atoms with Crippen LogP contribution in [0.3, 0.4) is 0 Å². The van der Waals surface area contributed by atoms with E-state index in [1.54, 1.807) is 4.90 Å². The average molecular weight is 268 g/mol. The summed E-state index contributed by atoms with van der Waals surface area (Å²) in [5.41, 5.74) is 0. The molecule has 2 rings (SSSR count). The Morgan fingerprint density at radius 3 is 2.63 bits per heavy atom. The van der Waals surface area contributed by atoms with E-state index in [4.69, 9.17) is 4.74 Å². The fourth-order valence-electron chi connectivity index (χ4n) is 2.83. The molecule has 0 aromatic carbocycles. The molecule has 0 aromatic rings. The minimum absolute atomic E-state index is 0.0230. The van der Waals surface area contributed by atoms with Gasteiger partial charge in [0.2, 0.25) is 11.8 Å². The Kier molecular flexibility index (Phi) is 4.80. The molecular formula is C14H24N2O3. The van der Waals surface area contributed by atoms with Crippen molar-refractivity contribution >= 4 is 11.8 Å². The number of piperazine rings is 1. The molecule has 2 unspecified atom stereocenters. The summed E-state index contributed by atoms with van der Waals surface area (Å²) in [5.74, 6) is 0.527. The quantitative estimate of drug-likeness (QED) is 0.825. The molecule has 0 spiro atoms. The van der Waals surface area contributed by atoms with Crippen molar-refractivity contribution in [2.45, 2.75) is 51.6 Å². The molecule has 108 valence electrons. The molecule has 2 atom stereocenters. The number of amides is 2. The molecule has 2 aliphatic heterocycles. The topological polar surface area (TPSA) is 58.6 Å². The zero-order valence-electron chi connectivity index (χ0n) is 11.9. The van der Waals surface area contributed by atoms with E-state index in [1.165, 1.54) is 0 Å². The Morgan fingerprint density at radius 1 is 1.32 bits per heavy atom. The van der Waals surface area contributed by atoms with Gasteiger partial charge in [-0.15, -0.1) is 0 Å². The molecule has 2 fully saturated rings. The van der Waals surface area contributed by atoms with Gasteiger partial charge in [0.1, 0.15) is 12.1 Å². The third kappa shape index (κ3) is 3.26. The first-order chi connectivity index (χ1) is 9.13. The highest BCUT2D eigenvalue weighted by Crippen LogP contribution is 2.20. The Balaban J connectivity index is 2.02. The molecule has 5 nitrogen and oxygen atoms in total. The summed E-state index contributed by atoms with van der Waals surface area (Å²) in [7, 11) is 0. The van der Waals surface area contributed by atoms with Gasteiger partial charge in [0.15, 0.2) is 0 Å². The molecule has 1 N–H and O–H groups in total. The fourth-order valence-corrected chi connectivity index (χ4v) is 2.83.